The Morgan fingerprint density at radius 1 is 1.13 bits per heavy atom. The highest BCUT2D eigenvalue weighted by Crippen LogP contribution is 2.08. The summed E-state index contributed by atoms with van der Waals surface area (Å²) in [6, 6.07) is 15.3. The molecule has 0 bridgehead atoms. The molecule has 0 saturated heterocycles. The van der Waals surface area contributed by atoms with Gasteiger partial charge in [0.25, 0.3) is 5.91 Å². The van der Waals surface area contributed by atoms with Gasteiger partial charge in [0.15, 0.2) is 0 Å². The van der Waals surface area contributed by atoms with Crippen molar-refractivity contribution in [1.82, 2.24) is 25.1 Å². The van der Waals surface area contributed by atoms with Crippen molar-refractivity contribution in [3.63, 3.8) is 0 Å². The molecule has 0 radical (unpaired) electrons. The molecule has 1 amide bonds. The maximum Gasteiger partial charge on any atom is 0.290 e. The molecule has 1 aromatic carbocycles. The smallest absolute Gasteiger partial charge is 0.290 e. The highest BCUT2D eigenvalue weighted by Gasteiger charge is 2.14. The minimum Gasteiger partial charge on any atom is -0.349 e. The van der Waals surface area contributed by atoms with Crippen molar-refractivity contribution in [3.8, 4) is 5.69 Å². The molecule has 0 saturated carbocycles. The molecule has 0 aliphatic heterocycles. The molecule has 3 aromatic rings. The summed E-state index contributed by atoms with van der Waals surface area (Å²) in [5, 5.41) is 7.11. The van der Waals surface area contributed by atoms with Crippen molar-refractivity contribution >= 4 is 5.91 Å². The summed E-state index contributed by atoms with van der Waals surface area (Å²) >= 11 is 0. The number of hydrogen-bond donors (Lipinski definition) is 1. The Bertz CT molecular complexity index is 783. The van der Waals surface area contributed by atoms with Crippen molar-refractivity contribution in [2.45, 2.75) is 13.3 Å². The van der Waals surface area contributed by atoms with Crippen molar-refractivity contribution in [3.05, 3.63) is 72.1 Å². The lowest BCUT2D eigenvalue weighted by atomic mass is 10.3. The third-order valence-corrected chi connectivity index (χ3v) is 3.37. The summed E-state index contributed by atoms with van der Waals surface area (Å²) < 4.78 is 1.66. The van der Waals surface area contributed by atoms with Crippen LogP contribution < -0.4 is 5.32 Å². The summed E-state index contributed by atoms with van der Waals surface area (Å²) in [4.78, 5) is 20.6. The van der Waals surface area contributed by atoms with Crippen LogP contribution in [0.3, 0.4) is 0 Å². The molecule has 0 unspecified atom stereocenters. The molecule has 2 aromatic heterocycles. The first kappa shape index (κ1) is 14.9. The zero-order valence-corrected chi connectivity index (χ0v) is 12.8. The van der Waals surface area contributed by atoms with E-state index in [0.717, 1.165) is 11.4 Å². The van der Waals surface area contributed by atoms with Gasteiger partial charge in [0.2, 0.25) is 5.82 Å². The Morgan fingerprint density at radius 2 is 1.91 bits per heavy atom. The van der Waals surface area contributed by atoms with E-state index < -0.39 is 0 Å². The maximum atomic E-state index is 12.2. The molecule has 0 spiro atoms. The van der Waals surface area contributed by atoms with E-state index in [9.17, 15) is 4.79 Å². The van der Waals surface area contributed by atoms with Crippen molar-refractivity contribution in [2.24, 2.45) is 0 Å². The number of nitrogens with zero attached hydrogens (tertiary/aromatic N) is 4. The molecule has 6 heteroatoms. The van der Waals surface area contributed by atoms with Crippen molar-refractivity contribution in [2.75, 3.05) is 6.54 Å². The second-order valence-electron chi connectivity index (χ2n) is 5.06. The first-order chi connectivity index (χ1) is 11.2. The van der Waals surface area contributed by atoms with E-state index in [0.29, 0.717) is 18.8 Å². The van der Waals surface area contributed by atoms with Crippen LogP contribution in [0.4, 0.5) is 0 Å². The molecule has 0 aliphatic carbocycles. The van der Waals surface area contributed by atoms with Gasteiger partial charge in [-0.25, -0.2) is 9.67 Å². The third kappa shape index (κ3) is 3.60. The van der Waals surface area contributed by atoms with E-state index in [4.69, 9.17) is 0 Å². The fourth-order valence-electron chi connectivity index (χ4n) is 2.23. The van der Waals surface area contributed by atoms with Crippen LogP contribution in [-0.4, -0.2) is 32.2 Å². The Kier molecular flexibility index (Phi) is 4.42. The molecule has 0 atom stereocenters. The lowest BCUT2D eigenvalue weighted by molar-refractivity contribution is 0.0943. The molecule has 116 valence electrons. The van der Waals surface area contributed by atoms with Gasteiger partial charge < -0.3 is 5.32 Å². The lowest BCUT2D eigenvalue weighted by Crippen LogP contribution is -2.27. The van der Waals surface area contributed by atoms with E-state index in [1.807, 2.05) is 55.5 Å². The van der Waals surface area contributed by atoms with Crippen LogP contribution in [0, 0.1) is 6.92 Å². The van der Waals surface area contributed by atoms with Crippen LogP contribution in [-0.2, 0) is 6.42 Å². The monoisotopic (exact) mass is 307 g/mol. The van der Waals surface area contributed by atoms with Crippen LogP contribution in [0.25, 0.3) is 5.69 Å². The van der Waals surface area contributed by atoms with Crippen LogP contribution in [0.1, 0.15) is 22.1 Å². The number of pyridine rings is 1. The Labute approximate surface area is 134 Å². The van der Waals surface area contributed by atoms with Gasteiger partial charge in [0.1, 0.15) is 5.82 Å². The van der Waals surface area contributed by atoms with Gasteiger partial charge in [-0.05, 0) is 31.2 Å². The number of nitrogens with one attached hydrogen (secondary N) is 1. The minimum atomic E-state index is -0.279. The molecule has 6 nitrogen and oxygen atoms in total. The predicted molar refractivity (Wildman–Crippen MR) is 86.4 cm³/mol. The second-order valence-corrected chi connectivity index (χ2v) is 5.06. The molecule has 2 heterocycles. The molecule has 3 rings (SSSR count). The fraction of sp³-hybridized carbons (Fsp3) is 0.176. The number of para-hydroxylation sites is 1. The highest BCUT2D eigenvalue weighted by atomic mass is 16.2. The van der Waals surface area contributed by atoms with Gasteiger partial charge in [-0.2, -0.15) is 0 Å². The lowest BCUT2D eigenvalue weighted by Gasteiger charge is -2.02. The van der Waals surface area contributed by atoms with Gasteiger partial charge in [0.05, 0.1) is 5.69 Å². The van der Waals surface area contributed by atoms with Crippen LogP contribution in [0.2, 0.25) is 0 Å². The molecular weight excluding hydrogens is 290 g/mol. The first-order valence-electron chi connectivity index (χ1n) is 7.41. The molecular formula is C17H17N5O. The van der Waals surface area contributed by atoms with E-state index in [1.54, 1.807) is 10.9 Å². The second kappa shape index (κ2) is 6.83. The first-order valence-corrected chi connectivity index (χ1v) is 7.41. The molecule has 1 N–H and O–H groups in total. The minimum absolute atomic E-state index is 0.173. The zero-order chi connectivity index (χ0) is 16.1. The number of carbonyl (C=O) groups is 1. The quantitative estimate of drug-likeness (QED) is 0.782. The maximum absolute atomic E-state index is 12.2. The number of benzene rings is 1. The van der Waals surface area contributed by atoms with Gasteiger partial charge in [-0.15, -0.1) is 5.10 Å². The predicted octanol–water partition coefficient (Wildman–Crippen LogP) is 1.94. The van der Waals surface area contributed by atoms with Crippen molar-refractivity contribution < 1.29 is 4.79 Å². The van der Waals surface area contributed by atoms with Crippen LogP contribution in [0.5, 0.6) is 0 Å². The van der Waals surface area contributed by atoms with E-state index in [-0.39, 0.29) is 11.7 Å². The van der Waals surface area contributed by atoms with Gasteiger partial charge >= 0.3 is 0 Å². The average Bonchev–Trinajstić information content (AvgIpc) is 2.98. The topological polar surface area (TPSA) is 72.7 Å². The molecule has 23 heavy (non-hydrogen) atoms. The number of aryl methyl sites for hydroxylation is 1. The summed E-state index contributed by atoms with van der Waals surface area (Å²) in [6.45, 7) is 2.32. The number of hydrogen-bond acceptors (Lipinski definition) is 4. The summed E-state index contributed by atoms with van der Waals surface area (Å²) in [5.41, 5.74) is 1.82. The highest BCUT2D eigenvalue weighted by molar-refractivity contribution is 5.90. The van der Waals surface area contributed by atoms with E-state index in [2.05, 4.69) is 20.4 Å². The molecule has 0 aliphatic rings. The van der Waals surface area contributed by atoms with Crippen molar-refractivity contribution in [1.29, 1.82) is 0 Å². The summed E-state index contributed by atoms with van der Waals surface area (Å²) in [7, 11) is 0. The Balaban J connectivity index is 1.64. The number of amides is 1. The van der Waals surface area contributed by atoms with Gasteiger partial charge in [-0.3, -0.25) is 9.78 Å². The summed E-state index contributed by atoms with van der Waals surface area (Å²) in [5.74, 6) is 0.567. The summed E-state index contributed by atoms with van der Waals surface area (Å²) in [6.07, 6.45) is 2.41. The SMILES string of the molecule is Cc1nc(C(=O)NCCc2ccccn2)nn1-c1ccccc1. The van der Waals surface area contributed by atoms with E-state index >= 15 is 0 Å². The van der Waals surface area contributed by atoms with E-state index in [1.165, 1.54) is 0 Å². The van der Waals surface area contributed by atoms with Crippen LogP contribution >= 0.6 is 0 Å². The van der Waals surface area contributed by atoms with Gasteiger partial charge in [-0.1, -0.05) is 24.3 Å². The molecule has 0 fully saturated rings. The number of rotatable bonds is 5. The number of carbonyl (C=O) groups excluding carboxylic acids is 1. The number of aromatic nitrogens is 4. The Hall–Kier alpha value is -3.02. The standard InChI is InChI=1S/C17H17N5O/c1-13-20-16(21-22(13)15-8-3-2-4-9-15)17(23)19-12-10-14-7-5-6-11-18-14/h2-9,11H,10,12H2,1H3,(H,19,23). The fourth-order valence-corrected chi connectivity index (χ4v) is 2.23. The zero-order valence-electron chi connectivity index (χ0n) is 12.8. The van der Waals surface area contributed by atoms with Crippen LogP contribution in [0.15, 0.2) is 54.7 Å². The average molecular weight is 307 g/mol. The normalized spacial score (nSPS) is 10.5. The third-order valence-electron chi connectivity index (χ3n) is 3.37. The van der Waals surface area contributed by atoms with Gasteiger partial charge in [0, 0.05) is 24.9 Å². The Morgan fingerprint density at radius 3 is 2.65 bits per heavy atom. The largest absolute Gasteiger partial charge is 0.349 e.